The first-order chi connectivity index (χ1) is 22.6. The van der Waals surface area contributed by atoms with E-state index in [9.17, 15) is 40.0 Å². The molecule has 3 aromatic rings. The van der Waals surface area contributed by atoms with Crippen molar-refractivity contribution in [2.24, 2.45) is 0 Å². The molecule has 0 spiro atoms. The van der Waals surface area contributed by atoms with Crippen LogP contribution in [0, 0.1) is 0 Å². The number of piperidine rings is 1. The predicted molar refractivity (Wildman–Crippen MR) is 163 cm³/mol. The van der Waals surface area contributed by atoms with Crippen molar-refractivity contribution in [1.29, 1.82) is 0 Å². The number of pyridine rings is 1. The van der Waals surface area contributed by atoms with Crippen LogP contribution >= 0.6 is 0 Å². The number of carbonyl (C=O) groups excluding carboxylic acids is 2. The van der Waals surface area contributed by atoms with Gasteiger partial charge in [-0.15, -0.1) is 13.2 Å². The van der Waals surface area contributed by atoms with E-state index >= 15 is 0 Å². The molecule has 0 bridgehead atoms. The summed E-state index contributed by atoms with van der Waals surface area (Å²) in [6, 6.07) is 10.8. The Morgan fingerprint density at radius 2 is 1.65 bits per heavy atom. The summed E-state index contributed by atoms with van der Waals surface area (Å²) < 4.78 is 103. The summed E-state index contributed by atoms with van der Waals surface area (Å²) in [6.45, 7) is 3.29. The van der Waals surface area contributed by atoms with Gasteiger partial charge in [-0.1, -0.05) is 31.2 Å². The molecule has 1 aliphatic heterocycles. The van der Waals surface area contributed by atoms with E-state index in [2.05, 4.69) is 20.4 Å². The van der Waals surface area contributed by atoms with Gasteiger partial charge in [0.15, 0.2) is 0 Å². The first-order valence-electron chi connectivity index (χ1n) is 15.1. The van der Waals surface area contributed by atoms with Gasteiger partial charge < -0.3 is 20.1 Å². The summed E-state index contributed by atoms with van der Waals surface area (Å²) in [6.07, 6.45) is -3.59. The summed E-state index contributed by atoms with van der Waals surface area (Å²) in [5.41, 5.74) is 1.15. The number of nitrogens with one attached hydrogen (secondary N) is 2. The Bertz CT molecular complexity index is 1670. The second-order valence-electron chi connectivity index (χ2n) is 11.0. The van der Waals surface area contributed by atoms with E-state index in [1.807, 2.05) is 0 Å². The van der Waals surface area contributed by atoms with E-state index in [-0.39, 0.29) is 67.7 Å². The second kappa shape index (κ2) is 15.4. The Balaban J connectivity index is 1.52. The molecule has 0 saturated carbocycles. The van der Waals surface area contributed by atoms with Gasteiger partial charge in [-0.05, 0) is 67.3 Å². The van der Waals surface area contributed by atoms with Crippen molar-refractivity contribution in [2.45, 2.75) is 75.5 Å². The molecule has 1 aliphatic rings. The highest BCUT2D eigenvalue weighted by Gasteiger charge is 2.41. The third-order valence-corrected chi connectivity index (χ3v) is 9.63. The maximum absolute atomic E-state index is 14.0. The number of hydrogen-bond donors (Lipinski definition) is 2. The van der Waals surface area contributed by atoms with Crippen LogP contribution in [-0.4, -0.2) is 61.2 Å². The van der Waals surface area contributed by atoms with Crippen LogP contribution in [0.2, 0.25) is 0 Å². The van der Waals surface area contributed by atoms with Gasteiger partial charge >= 0.3 is 12.3 Å². The number of halogens is 5. The minimum Gasteiger partial charge on any atom is -0.461 e. The Kier molecular flexibility index (Phi) is 11.8. The maximum atomic E-state index is 14.0. The Morgan fingerprint density at radius 3 is 2.27 bits per heavy atom. The van der Waals surface area contributed by atoms with Gasteiger partial charge in [0.05, 0.1) is 11.5 Å². The number of sulfonamides is 1. The minimum absolute atomic E-state index is 0.0256. The lowest BCUT2D eigenvalue weighted by Gasteiger charge is -2.38. The van der Waals surface area contributed by atoms with Crippen LogP contribution in [0.25, 0.3) is 0 Å². The van der Waals surface area contributed by atoms with Crippen molar-refractivity contribution in [1.82, 2.24) is 19.9 Å². The minimum atomic E-state index is -4.97. The zero-order chi connectivity index (χ0) is 35.1. The monoisotopic (exact) mass is 698 g/mol. The molecular formula is C32H35F5N4O6S. The quantitative estimate of drug-likeness (QED) is 0.182. The van der Waals surface area contributed by atoms with Gasteiger partial charge in [-0.2, -0.15) is 4.31 Å². The Labute approximate surface area is 274 Å². The number of rotatable bonds is 13. The lowest BCUT2D eigenvalue weighted by Crippen LogP contribution is -2.56. The fraction of sp³-hybridized carbons (Fsp3) is 0.406. The van der Waals surface area contributed by atoms with E-state index in [0.717, 1.165) is 28.6 Å². The number of nitrogens with zero attached hydrogens (tertiary/aromatic N) is 2. The van der Waals surface area contributed by atoms with E-state index in [1.54, 1.807) is 19.1 Å². The smallest absolute Gasteiger partial charge is 0.461 e. The molecule has 10 nitrogen and oxygen atoms in total. The number of amides is 1. The van der Waals surface area contributed by atoms with Crippen molar-refractivity contribution < 1.29 is 49.4 Å². The summed E-state index contributed by atoms with van der Waals surface area (Å²) in [5.74, 6) is -4.85. The number of benzene rings is 2. The second-order valence-corrected chi connectivity index (χ2v) is 12.9. The Hall–Kier alpha value is -4.15. The van der Waals surface area contributed by atoms with Crippen molar-refractivity contribution in [3.05, 3.63) is 89.2 Å². The number of esters is 1. The first kappa shape index (κ1) is 36.7. The highest BCUT2D eigenvalue weighted by Crippen LogP contribution is 2.32. The van der Waals surface area contributed by atoms with E-state index in [4.69, 9.17) is 4.74 Å². The highest BCUT2D eigenvalue weighted by molar-refractivity contribution is 7.89. The van der Waals surface area contributed by atoms with Gasteiger partial charge in [0.2, 0.25) is 15.9 Å². The Morgan fingerprint density at radius 1 is 0.958 bits per heavy atom. The maximum Gasteiger partial charge on any atom is 0.573 e. The number of alkyl halides is 5. The van der Waals surface area contributed by atoms with Gasteiger partial charge in [0.25, 0.3) is 5.92 Å². The molecular weight excluding hydrogens is 663 g/mol. The molecule has 260 valence electrons. The summed E-state index contributed by atoms with van der Waals surface area (Å²) in [5, 5.41) is 5.98. The number of ether oxygens (including phenoxy) is 2. The molecule has 1 amide bonds. The van der Waals surface area contributed by atoms with Crippen LogP contribution in [0.3, 0.4) is 0 Å². The third kappa shape index (κ3) is 9.48. The molecule has 2 atom stereocenters. The van der Waals surface area contributed by atoms with Crippen molar-refractivity contribution in [3.8, 4) is 5.75 Å². The highest BCUT2D eigenvalue weighted by atomic mass is 32.2. The lowest BCUT2D eigenvalue weighted by molar-refractivity contribution is -0.274. The van der Waals surface area contributed by atoms with Gasteiger partial charge in [0.1, 0.15) is 17.5 Å². The van der Waals surface area contributed by atoms with Crippen molar-refractivity contribution in [2.75, 3.05) is 13.2 Å². The van der Waals surface area contributed by atoms with Crippen LogP contribution in [-0.2, 0) is 38.6 Å². The molecule has 0 aliphatic carbocycles. The summed E-state index contributed by atoms with van der Waals surface area (Å²) in [4.78, 5) is 29.3. The van der Waals surface area contributed by atoms with Crippen molar-refractivity contribution in [3.63, 3.8) is 0 Å². The number of carbonyl (C=O) groups is 2. The SMILES string of the molecule is CCOC(=O)c1cc(CN[C@@H]2CCN(S(=O)(=O)c3ccc(OC(F)(F)F)cc3)[C@@H](C(=O)NCc3ccc(C(F)(F)CC)cc3)C2)ccn1. The van der Waals surface area contributed by atoms with Crippen LogP contribution in [0.4, 0.5) is 22.0 Å². The molecule has 0 radical (unpaired) electrons. The van der Waals surface area contributed by atoms with Crippen LogP contribution in [0.5, 0.6) is 5.75 Å². The topological polar surface area (TPSA) is 127 Å². The molecule has 2 N–H and O–H groups in total. The molecule has 1 saturated heterocycles. The molecule has 48 heavy (non-hydrogen) atoms. The lowest BCUT2D eigenvalue weighted by atomic mass is 9.98. The fourth-order valence-electron chi connectivity index (χ4n) is 5.14. The standard InChI is InChI=1S/C32H35F5N4O6S/c1-3-31(33,34)23-7-5-21(6-8-23)19-40-29(42)28-18-24(39-20-22-13-15-38-27(17-22)30(43)46-4-2)14-16-41(28)48(44,45)26-11-9-25(10-12-26)47-32(35,36)37/h5-13,15,17,24,28,39H,3-4,14,16,18-20H2,1-2H3,(H,40,42)/t24-,28-/m1/s1. The third-order valence-electron chi connectivity index (χ3n) is 7.71. The van der Waals surface area contributed by atoms with Crippen LogP contribution in [0.1, 0.15) is 60.3 Å². The molecule has 2 aromatic carbocycles. The van der Waals surface area contributed by atoms with Gasteiger partial charge in [-0.3, -0.25) is 4.79 Å². The zero-order valence-electron chi connectivity index (χ0n) is 26.1. The number of aromatic nitrogens is 1. The zero-order valence-corrected chi connectivity index (χ0v) is 26.9. The van der Waals surface area contributed by atoms with Crippen LogP contribution < -0.4 is 15.4 Å². The predicted octanol–water partition coefficient (Wildman–Crippen LogP) is 5.29. The summed E-state index contributed by atoms with van der Waals surface area (Å²) >= 11 is 0. The molecule has 4 rings (SSSR count). The average molecular weight is 699 g/mol. The van der Waals surface area contributed by atoms with Crippen LogP contribution in [0.15, 0.2) is 71.8 Å². The first-order valence-corrected chi connectivity index (χ1v) is 16.5. The molecule has 2 heterocycles. The van der Waals surface area contributed by atoms with Crippen molar-refractivity contribution >= 4 is 21.9 Å². The van der Waals surface area contributed by atoms with E-state index in [1.165, 1.54) is 37.4 Å². The van der Waals surface area contributed by atoms with Gasteiger partial charge in [-0.25, -0.2) is 27.0 Å². The molecule has 1 fully saturated rings. The molecule has 16 heteroatoms. The average Bonchev–Trinajstić information content (AvgIpc) is 3.06. The molecule has 0 unspecified atom stereocenters. The normalized spacial score (nSPS) is 17.5. The van der Waals surface area contributed by atoms with Gasteiger partial charge in [0, 0.05) is 43.9 Å². The fourth-order valence-corrected chi connectivity index (χ4v) is 6.76. The number of hydrogen-bond acceptors (Lipinski definition) is 8. The van der Waals surface area contributed by atoms with E-state index < -0.39 is 46.0 Å². The largest absolute Gasteiger partial charge is 0.573 e. The summed E-state index contributed by atoms with van der Waals surface area (Å²) in [7, 11) is -4.37. The molecule has 1 aromatic heterocycles. The van der Waals surface area contributed by atoms with E-state index in [0.29, 0.717) is 11.1 Å².